The van der Waals surface area contributed by atoms with E-state index in [2.05, 4.69) is 34.7 Å². The van der Waals surface area contributed by atoms with E-state index >= 15 is 0 Å². The molecule has 6 heteroatoms. The molecule has 1 aromatic heterocycles. The highest BCUT2D eigenvalue weighted by Crippen LogP contribution is 2.45. The van der Waals surface area contributed by atoms with Crippen LogP contribution >= 0.6 is 0 Å². The van der Waals surface area contributed by atoms with E-state index in [9.17, 15) is 0 Å². The second-order valence-corrected chi connectivity index (χ2v) is 10.1. The van der Waals surface area contributed by atoms with Crippen molar-refractivity contribution in [1.29, 1.82) is 0 Å². The van der Waals surface area contributed by atoms with Crippen LogP contribution < -0.4 is 14.2 Å². The highest BCUT2D eigenvalue weighted by atomic mass is 16.5. The number of hydrogen-bond acceptors (Lipinski definition) is 6. The van der Waals surface area contributed by atoms with Crippen LogP contribution in [0, 0.1) is 6.92 Å². The topological polar surface area (TPSA) is 53.1 Å². The monoisotopic (exact) mass is 488 g/mol. The van der Waals surface area contributed by atoms with Crippen LogP contribution in [0.2, 0.25) is 0 Å². The average molecular weight is 489 g/mol. The molecular formula is C30H36N2O4. The molecule has 0 unspecified atom stereocenters. The number of nitrogens with zero attached hydrogens (tertiary/aromatic N) is 2. The number of fused-ring (bicyclic) bond motifs is 1. The van der Waals surface area contributed by atoms with Crippen LogP contribution in [-0.4, -0.2) is 36.2 Å². The molecule has 36 heavy (non-hydrogen) atoms. The maximum Gasteiger partial charge on any atom is 0.182 e. The lowest BCUT2D eigenvalue weighted by atomic mass is 9.93. The van der Waals surface area contributed by atoms with E-state index in [1.54, 1.807) is 20.4 Å². The van der Waals surface area contributed by atoms with Crippen LogP contribution in [0.5, 0.6) is 17.2 Å². The summed E-state index contributed by atoms with van der Waals surface area (Å²) in [5.74, 6) is 2.70. The van der Waals surface area contributed by atoms with Crippen molar-refractivity contribution in [3.8, 4) is 28.4 Å². The first kappa shape index (κ1) is 25.4. The Balaban J connectivity index is 1.68. The second kappa shape index (κ2) is 10.5. The maximum atomic E-state index is 6.29. The molecule has 0 radical (unpaired) electrons. The molecule has 0 fully saturated rings. The van der Waals surface area contributed by atoms with Crippen LogP contribution in [0.25, 0.3) is 11.1 Å². The van der Waals surface area contributed by atoms with Crippen molar-refractivity contribution in [2.45, 2.75) is 52.9 Å². The zero-order chi connectivity index (χ0) is 25.9. The van der Waals surface area contributed by atoms with E-state index in [1.807, 2.05) is 52.0 Å². The van der Waals surface area contributed by atoms with Gasteiger partial charge in [-0.05, 0) is 93.3 Å². The molecule has 1 aliphatic heterocycles. The first-order valence-electron chi connectivity index (χ1n) is 12.2. The Hall–Kier alpha value is -3.67. The minimum atomic E-state index is -0.286. The van der Waals surface area contributed by atoms with Crippen molar-refractivity contribution in [3.05, 3.63) is 83.5 Å². The summed E-state index contributed by atoms with van der Waals surface area (Å²) in [6.07, 6.45) is 2.73. The fourth-order valence-electron chi connectivity index (χ4n) is 4.48. The largest absolute Gasteiger partial charge is 0.493 e. The quantitative estimate of drug-likeness (QED) is 0.347. The van der Waals surface area contributed by atoms with Gasteiger partial charge in [-0.25, -0.2) is 0 Å². The zero-order valence-electron chi connectivity index (χ0n) is 22.2. The first-order chi connectivity index (χ1) is 17.2. The molecule has 0 atom stereocenters. The third-order valence-electron chi connectivity index (χ3n) is 6.14. The van der Waals surface area contributed by atoms with Gasteiger partial charge in [0.05, 0.1) is 25.5 Å². The van der Waals surface area contributed by atoms with Crippen molar-refractivity contribution in [3.63, 3.8) is 0 Å². The molecule has 1 aliphatic rings. The van der Waals surface area contributed by atoms with E-state index in [4.69, 9.17) is 18.9 Å². The zero-order valence-corrected chi connectivity index (χ0v) is 22.2. The van der Waals surface area contributed by atoms with E-state index in [1.165, 1.54) is 11.1 Å². The Morgan fingerprint density at radius 1 is 1.00 bits per heavy atom. The van der Waals surface area contributed by atoms with Crippen LogP contribution in [0.15, 0.2) is 61.1 Å². The molecule has 2 aromatic carbocycles. The normalized spacial score (nSPS) is 13.1. The van der Waals surface area contributed by atoms with Gasteiger partial charge in [0, 0.05) is 19.3 Å². The standard InChI is InChI=1S/C30H36N2O4/c1-20-12-14-31-25(16-20)19-35-26-10-11-27(33-6)29(34-7)28(26)23-9-8-22-13-15-32(18-24(22)17-23)21(2)36-30(3,4)5/h8-12,14,16-17H,2,13,15,18-19H2,1,3-7H3. The van der Waals surface area contributed by atoms with Gasteiger partial charge in [-0.15, -0.1) is 0 Å². The highest BCUT2D eigenvalue weighted by Gasteiger charge is 2.24. The number of aromatic nitrogens is 1. The number of hydrogen-bond donors (Lipinski definition) is 0. The molecule has 4 rings (SSSR count). The predicted octanol–water partition coefficient (Wildman–Crippen LogP) is 6.30. The Labute approximate surface area is 214 Å². The maximum absolute atomic E-state index is 6.29. The lowest BCUT2D eigenvalue weighted by Gasteiger charge is -2.35. The van der Waals surface area contributed by atoms with E-state index < -0.39 is 0 Å². The van der Waals surface area contributed by atoms with Gasteiger partial charge in [0.2, 0.25) is 0 Å². The smallest absolute Gasteiger partial charge is 0.182 e. The predicted molar refractivity (Wildman–Crippen MR) is 142 cm³/mol. The van der Waals surface area contributed by atoms with Gasteiger partial charge in [-0.3, -0.25) is 4.98 Å². The Bertz CT molecular complexity index is 1250. The Morgan fingerprint density at radius 3 is 2.47 bits per heavy atom. The Morgan fingerprint density at radius 2 is 1.78 bits per heavy atom. The molecule has 2 heterocycles. The van der Waals surface area contributed by atoms with Gasteiger partial charge in [0.1, 0.15) is 18.0 Å². The fraction of sp³-hybridized carbons (Fsp3) is 0.367. The molecule has 0 saturated heterocycles. The summed E-state index contributed by atoms with van der Waals surface area (Å²) in [6.45, 7) is 14.3. The molecule has 0 N–H and O–H groups in total. The van der Waals surface area contributed by atoms with Gasteiger partial charge >= 0.3 is 0 Å². The molecule has 0 amide bonds. The first-order valence-corrected chi connectivity index (χ1v) is 12.2. The number of ether oxygens (including phenoxy) is 4. The second-order valence-electron chi connectivity index (χ2n) is 10.1. The molecule has 0 bridgehead atoms. The molecule has 0 spiro atoms. The van der Waals surface area contributed by atoms with Gasteiger partial charge in [0.25, 0.3) is 0 Å². The summed E-state index contributed by atoms with van der Waals surface area (Å²) >= 11 is 0. The summed E-state index contributed by atoms with van der Waals surface area (Å²) in [7, 11) is 3.30. The van der Waals surface area contributed by atoms with Crippen LogP contribution in [0.4, 0.5) is 0 Å². The molecule has 6 nitrogen and oxygen atoms in total. The van der Waals surface area contributed by atoms with Crippen molar-refractivity contribution in [2.24, 2.45) is 0 Å². The van der Waals surface area contributed by atoms with E-state index in [0.29, 0.717) is 29.7 Å². The lowest BCUT2D eigenvalue weighted by Crippen LogP contribution is -2.33. The molecule has 0 saturated carbocycles. The van der Waals surface area contributed by atoms with Crippen molar-refractivity contribution in [2.75, 3.05) is 20.8 Å². The third kappa shape index (κ3) is 5.76. The van der Waals surface area contributed by atoms with E-state index in [-0.39, 0.29) is 5.60 Å². The number of benzene rings is 2. The molecule has 3 aromatic rings. The summed E-state index contributed by atoms with van der Waals surface area (Å²) in [6, 6.07) is 14.3. The number of methoxy groups -OCH3 is 2. The summed E-state index contributed by atoms with van der Waals surface area (Å²) in [5, 5.41) is 0. The van der Waals surface area contributed by atoms with Gasteiger partial charge in [0.15, 0.2) is 17.4 Å². The van der Waals surface area contributed by atoms with Gasteiger partial charge in [-0.1, -0.05) is 12.1 Å². The van der Waals surface area contributed by atoms with Crippen molar-refractivity contribution < 1.29 is 18.9 Å². The Kier molecular flexibility index (Phi) is 7.43. The summed E-state index contributed by atoms with van der Waals surface area (Å²) < 4.78 is 23.8. The summed E-state index contributed by atoms with van der Waals surface area (Å²) in [5.41, 5.74) is 6.14. The third-order valence-corrected chi connectivity index (χ3v) is 6.14. The van der Waals surface area contributed by atoms with Crippen LogP contribution in [0.3, 0.4) is 0 Å². The molecule has 190 valence electrons. The fourth-order valence-corrected chi connectivity index (χ4v) is 4.48. The SMILES string of the molecule is C=C(OC(C)(C)C)N1CCc2ccc(-c3c(OCc4cc(C)ccn4)ccc(OC)c3OC)cc2C1. The van der Waals surface area contributed by atoms with Gasteiger partial charge < -0.3 is 23.8 Å². The minimum absolute atomic E-state index is 0.286. The summed E-state index contributed by atoms with van der Waals surface area (Å²) in [4.78, 5) is 6.63. The van der Waals surface area contributed by atoms with Crippen LogP contribution in [-0.2, 0) is 24.3 Å². The average Bonchev–Trinajstić information content (AvgIpc) is 2.85. The van der Waals surface area contributed by atoms with Crippen molar-refractivity contribution >= 4 is 0 Å². The van der Waals surface area contributed by atoms with Gasteiger partial charge in [-0.2, -0.15) is 0 Å². The lowest BCUT2D eigenvalue weighted by molar-refractivity contribution is -0.000679. The number of rotatable bonds is 8. The number of aryl methyl sites for hydroxylation is 1. The highest BCUT2D eigenvalue weighted by molar-refractivity contribution is 5.80. The molecule has 0 aliphatic carbocycles. The minimum Gasteiger partial charge on any atom is -0.493 e. The van der Waals surface area contributed by atoms with Crippen molar-refractivity contribution in [1.82, 2.24) is 9.88 Å². The van der Waals surface area contributed by atoms with Crippen LogP contribution in [0.1, 0.15) is 43.2 Å². The van der Waals surface area contributed by atoms with E-state index in [0.717, 1.165) is 41.9 Å². The number of pyridine rings is 1. The molecular weight excluding hydrogens is 452 g/mol.